The molecule has 0 aliphatic carbocycles. The van der Waals surface area contributed by atoms with E-state index in [1.807, 2.05) is 36.5 Å². The van der Waals surface area contributed by atoms with Crippen LogP contribution >= 0.6 is 0 Å². The maximum absolute atomic E-state index is 6.13. The predicted molar refractivity (Wildman–Crippen MR) is 93.9 cm³/mol. The summed E-state index contributed by atoms with van der Waals surface area (Å²) in [6.07, 6.45) is 7.20. The molecule has 0 unspecified atom stereocenters. The number of piperidine rings is 1. The van der Waals surface area contributed by atoms with Gasteiger partial charge in [0.15, 0.2) is 0 Å². The van der Waals surface area contributed by atoms with E-state index in [0.29, 0.717) is 12.7 Å². The fourth-order valence-electron chi connectivity index (χ4n) is 4.19. The molecule has 2 fully saturated rings. The van der Waals surface area contributed by atoms with Crippen LogP contribution in [0.1, 0.15) is 30.7 Å². The number of pyridine rings is 1. The molecule has 2 atom stereocenters. The van der Waals surface area contributed by atoms with Gasteiger partial charge in [-0.25, -0.2) is 0 Å². The summed E-state index contributed by atoms with van der Waals surface area (Å²) in [5.41, 5.74) is 1.06. The molecule has 2 aromatic rings. The number of furan rings is 1. The molecule has 134 valence electrons. The normalized spacial score (nSPS) is 27.1. The van der Waals surface area contributed by atoms with E-state index in [0.717, 1.165) is 63.6 Å². The molecular formula is C20H26N2O3. The van der Waals surface area contributed by atoms with Gasteiger partial charge in [-0.1, -0.05) is 6.07 Å². The Kier molecular flexibility index (Phi) is 5.15. The molecule has 25 heavy (non-hydrogen) atoms. The van der Waals surface area contributed by atoms with Gasteiger partial charge in [0.25, 0.3) is 0 Å². The van der Waals surface area contributed by atoms with Crippen molar-refractivity contribution in [2.75, 3.05) is 26.3 Å². The molecule has 0 saturated carbocycles. The van der Waals surface area contributed by atoms with Crippen LogP contribution in [0.25, 0.3) is 0 Å². The molecular weight excluding hydrogens is 316 g/mol. The number of likely N-dealkylation sites (tertiary alicyclic amines) is 1. The Hall–Kier alpha value is -1.69. The Morgan fingerprint density at radius 2 is 2.28 bits per heavy atom. The zero-order chi connectivity index (χ0) is 17.0. The second-order valence-corrected chi connectivity index (χ2v) is 7.22. The molecule has 4 rings (SSSR count). The smallest absolute Gasteiger partial charge is 0.117 e. The molecule has 2 aliphatic heterocycles. The van der Waals surface area contributed by atoms with Crippen LogP contribution in [0.4, 0.5) is 0 Å². The summed E-state index contributed by atoms with van der Waals surface area (Å²) in [5.74, 6) is 1.03. The van der Waals surface area contributed by atoms with Crippen LogP contribution < -0.4 is 0 Å². The van der Waals surface area contributed by atoms with Crippen LogP contribution in [0.3, 0.4) is 0 Å². The summed E-state index contributed by atoms with van der Waals surface area (Å²) >= 11 is 0. The predicted octanol–water partition coefficient (Wildman–Crippen LogP) is 3.26. The number of nitrogens with zero attached hydrogens (tertiary/aromatic N) is 2. The minimum Gasteiger partial charge on any atom is -0.468 e. The standard InChI is InChI=1S/C20H26N2O3/c1-2-9-21-17(5-1)14-23-16-20-8-4-12-25-19(20)7-10-22(15-20)13-18-6-3-11-24-18/h1-3,5-6,9,11,19H,4,7-8,10,12-16H2/t19-,20-/m0/s1. The average molecular weight is 342 g/mol. The lowest BCUT2D eigenvalue weighted by atomic mass is 9.73. The van der Waals surface area contributed by atoms with Gasteiger partial charge in [0.1, 0.15) is 5.76 Å². The fraction of sp³-hybridized carbons (Fsp3) is 0.550. The van der Waals surface area contributed by atoms with E-state index in [1.165, 1.54) is 0 Å². The number of rotatable bonds is 6. The van der Waals surface area contributed by atoms with E-state index < -0.39 is 0 Å². The Balaban J connectivity index is 1.40. The highest BCUT2D eigenvalue weighted by Crippen LogP contribution is 2.41. The maximum Gasteiger partial charge on any atom is 0.117 e. The zero-order valence-corrected chi connectivity index (χ0v) is 14.6. The van der Waals surface area contributed by atoms with Crippen molar-refractivity contribution in [1.82, 2.24) is 9.88 Å². The van der Waals surface area contributed by atoms with Crippen molar-refractivity contribution in [3.63, 3.8) is 0 Å². The Morgan fingerprint density at radius 1 is 1.28 bits per heavy atom. The molecule has 0 radical (unpaired) electrons. The van der Waals surface area contributed by atoms with Gasteiger partial charge in [0.05, 0.1) is 37.8 Å². The largest absolute Gasteiger partial charge is 0.468 e. The highest BCUT2D eigenvalue weighted by Gasteiger charge is 2.46. The van der Waals surface area contributed by atoms with E-state index in [-0.39, 0.29) is 5.41 Å². The van der Waals surface area contributed by atoms with Crippen molar-refractivity contribution in [2.45, 2.75) is 38.5 Å². The van der Waals surface area contributed by atoms with Gasteiger partial charge >= 0.3 is 0 Å². The molecule has 5 heteroatoms. The lowest BCUT2D eigenvalue weighted by Crippen LogP contribution is -2.56. The highest BCUT2D eigenvalue weighted by molar-refractivity contribution is 5.03. The first kappa shape index (κ1) is 16.8. The minimum absolute atomic E-state index is 0.0812. The summed E-state index contributed by atoms with van der Waals surface area (Å²) < 4.78 is 17.8. The summed E-state index contributed by atoms with van der Waals surface area (Å²) in [7, 11) is 0. The molecule has 2 saturated heterocycles. The zero-order valence-electron chi connectivity index (χ0n) is 14.6. The second-order valence-electron chi connectivity index (χ2n) is 7.22. The van der Waals surface area contributed by atoms with Gasteiger partial charge < -0.3 is 13.9 Å². The molecule has 0 spiro atoms. The first-order chi connectivity index (χ1) is 12.3. The van der Waals surface area contributed by atoms with Crippen LogP contribution in [0.5, 0.6) is 0 Å². The molecule has 0 bridgehead atoms. The first-order valence-electron chi connectivity index (χ1n) is 9.18. The molecule has 0 N–H and O–H groups in total. The average Bonchev–Trinajstić information content (AvgIpc) is 3.15. The van der Waals surface area contributed by atoms with Crippen LogP contribution in [0, 0.1) is 5.41 Å². The fourth-order valence-corrected chi connectivity index (χ4v) is 4.19. The number of hydrogen-bond acceptors (Lipinski definition) is 5. The van der Waals surface area contributed by atoms with Gasteiger partial charge in [-0.2, -0.15) is 0 Å². The maximum atomic E-state index is 6.13. The summed E-state index contributed by atoms with van der Waals surface area (Å²) in [6, 6.07) is 9.95. The van der Waals surface area contributed by atoms with E-state index in [1.54, 1.807) is 6.26 Å². The van der Waals surface area contributed by atoms with Crippen molar-refractivity contribution >= 4 is 0 Å². The van der Waals surface area contributed by atoms with Crippen molar-refractivity contribution < 1.29 is 13.9 Å². The lowest BCUT2D eigenvalue weighted by Gasteiger charge is -2.50. The van der Waals surface area contributed by atoms with E-state index >= 15 is 0 Å². The third kappa shape index (κ3) is 3.94. The van der Waals surface area contributed by atoms with Crippen LogP contribution in [-0.2, 0) is 22.6 Å². The Labute approximate surface area is 148 Å². The van der Waals surface area contributed by atoms with Crippen LogP contribution in [0.15, 0.2) is 47.2 Å². The van der Waals surface area contributed by atoms with Crippen molar-refractivity contribution in [1.29, 1.82) is 0 Å². The SMILES string of the molecule is c1ccc(COC[C@@]23CCCO[C@H]2CCN(Cc2ccco2)C3)nc1. The molecule has 0 amide bonds. The van der Waals surface area contributed by atoms with E-state index in [9.17, 15) is 0 Å². The number of hydrogen-bond donors (Lipinski definition) is 0. The van der Waals surface area contributed by atoms with Crippen molar-refractivity contribution in [3.8, 4) is 0 Å². The third-order valence-corrected chi connectivity index (χ3v) is 5.39. The molecule has 0 aromatic carbocycles. The van der Waals surface area contributed by atoms with E-state index in [2.05, 4.69) is 9.88 Å². The van der Waals surface area contributed by atoms with Gasteiger partial charge in [-0.15, -0.1) is 0 Å². The molecule has 2 aliphatic rings. The van der Waals surface area contributed by atoms with Gasteiger partial charge in [0.2, 0.25) is 0 Å². The summed E-state index contributed by atoms with van der Waals surface area (Å²) in [6.45, 7) is 5.08. The van der Waals surface area contributed by atoms with Crippen molar-refractivity contribution in [2.24, 2.45) is 5.41 Å². The Bertz CT molecular complexity index is 646. The topological polar surface area (TPSA) is 47.7 Å². The Morgan fingerprint density at radius 3 is 3.12 bits per heavy atom. The quantitative estimate of drug-likeness (QED) is 0.806. The third-order valence-electron chi connectivity index (χ3n) is 5.39. The number of fused-ring (bicyclic) bond motifs is 1. The van der Waals surface area contributed by atoms with Crippen LogP contribution in [-0.4, -0.2) is 42.3 Å². The molecule has 5 nitrogen and oxygen atoms in total. The molecule has 4 heterocycles. The van der Waals surface area contributed by atoms with E-state index in [4.69, 9.17) is 13.9 Å². The second kappa shape index (κ2) is 7.68. The minimum atomic E-state index is 0.0812. The monoisotopic (exact) mass is 342 g/mol. The molecule has 2 aromatic heterocycles. The van der Waals surface area contributed by atoms with Crippen molar-refractivity contribution in [3.05, 3.63) is 54.2 Å². The number of aromatic nitrogens is 1. The van der Waals surface area contributed by atoms with Crippen LogP contribution in [0.2, 0.25) is 0 Å². The van der Waals surface area contributed by atoms with Gasteiger partial charge in [0, 0.05) is 31.3 Å². The van der Waals surface area contributed by atoms with Gasteiger partial charge in [-0.05, 0) is 43.5 Å². The number of ether oxygens (including phenoxy) is 2. The summed E-state index contributed by atoms with van der Waals surface area (Å²) in [5, 5.41) is 0. The van der Waals surface area contributed by atoms with Gasteiger partial charge in [-0.3, -0.25) is 9.88 Å². The summed E-state index contributed by atoms with van der Waals surface area (Å²) in [4.78, 5) is 6.83. The highest BCUT2D eigenvalue weighted by atomic mass is 16.5. The lowest BCUT2D eigenvalue weighted by molar-refractivity contribution is -0.156. The first-order valence-corrected chi connectivity index (χ1v) is 9.18.